The van der Waals surface area contributed by atoms with E-state index in [2.05, 4.69) is 10.1 Å². The Balaban J connectivity index is 1.85. The van der Waals surface area contributed by atoms with Crippen molar-refractivity contribution < 1.29 is 13.6 Å². The summed E-state index contributed by atoms with van der Waals surface area (Å²) in [7, 11) is 0. The van der Waals surface area contributed by atoms with E-state index >= 15 is 0 Å². The fraction of sp³-hybridized carbons (Fsp3) is 0.211. The molecule has 0 N–H and O–H groups in total. The van der Waals surface area contributed by atoms with Crippen LogP contribution in [0, 0.1) is 11.6 Å². The second-order valence-electron chi connectivity index (χ2n) is 6.12. The van der Waals surface area contributed by atoms with Crippen molar-refractivity contribution >= 4 is 5.78 Å². The minimum atomic E-state index is -0.685. The van der Waals surface area contributed by atoms with E-state index in [1.807, 2.05) is 12.1 Å². The molecular formula is C19H15F2N3O. The third kappa shape index (κ3) is 2.95. The smallest absolute Gasteiger partial charge is 0.166 e. The van der Waals surface area contributed by atoms with Crippen LogP contribution in [0.1, 0.15) is 34.5 Å². The van der Waals surface area contributed by atoms with E-state index in [0.29, 0.717) is 24.2 Å². The van der Waals surface area contributed by atoms with Crippen molar-refractivity contribution in [3.05, 3.63) is 71.2 Å². The summed E-state index contributed by atoms with van der Waals surface area (Å²) >= 11 is 0. The van der Waals surface area contributed by atoms with Crippen molar-refractivity contribution in [2.75, 3.05) is 0 Å². The first-order valence-corrected chi connectivity index (χ1v) is 8.10. The number of halogens is 2. The monoisotopic (exact) mass is 339 g/mol. The van der Waals surface area contributed by atoms with Crippen LogP contribution in [0.3, 0.4) is 0 Å². The summed E-state index contributed by atoms with van der Waals surface area (Å²) in [5.41, 5.74) is 2.96. The predicted molar refractivity (Wildman–Crippen MR) is 88.2 cm³/mol. The third-order valence-electron chi connectivity index (χ3n) is 4.37. The minimum Gasteiger partial charge on any atom is -0.294 e. The zero-order valence-electron chi connectivity index (χ0n) is 13.4. The lowest BCUT2D eigenvalue weighted by molar-refractivity contribution is 0.0972. The van der Waals surface area contributed by atoms with Crippen LogP contribution >= 0.6 is 0 Å². The van der Waals surface area contributed by atoms with Gasteiger partial charge in [-0.15, -0.1) is 0 Å². The number of aromatic nitrogens is 3. The highest BCUT2D eigenvalue weighted by molar-refractivity contribution is 6.03. The first-order valence-electron chi connectivity index (χ1n) is 8.10. The number of rotatable bonds is 3. The number of pyridine rings is 1. The highest BCUT2D eigenvalue weighted by atomic mass is 19.1. The summed E-state index contributed by atoms with van der Waals surface area (Å²) in [5, 5.41) is 4.53. The molecule has 0 spiro atoms. The number of carbonyl (C=O) groups is 1. The molecule has 0 aliphatic heterocycles. The molecule has 0 fully saturated rings. The lowest BCUT2D eigenvalue weighted by Gasteiger charge is -2.13. The van der Waals surface area contributed by atoms with Gasteiger partial charge in [0.25, 0.3) is 0 Å². The molecule has 1 aliphatic rings. The van der Waals surface area contributed by atoms with Crippen LogP contribution in [0.5, 0.6) is 0 Å². The van der Waals surface area contributed by atoms with Crippen molar-refractivity contribution in [3.8, 4) is 11.3 Å². The van der Waals surface area contributed by atoms with Crippen molar-refractivity contribution in [3.63, 3.8) is 0 Å². The van der Waals surface area contributed by atoms with Gasteiger partial charge < -0.3 is 0 Å². The fourth-order valence-electron chi connectivity index (χ4n) is 3.27. The van der Waals surface area contributed by atoms with Crippen molar-refractivity contribution in [2.24, 2.45) is 0 Å². The van der Waals surface area contributed by atoms with E-state index in [1.54, 1.807) is 17.1 Å². The van der Waals surface area contributed by atoms with E-state index in [4.69, 9.17) is 0 Å². The van der Waals surface area contributed by atoms with Crippen LogP contribution in [0.15, 0.2) is 42.7 Å². The van der Waals surface area contributed by atoms with Crippen LogP contribution in [-0.4, -0.2) is 20.5 Å². The molecule has 1 aromatic carbocycles. The molecule has 3 aromatic rings. The standard InChI is InChI=1S/C19H15F2N3O/c20-14-8-13(9-15(21)10-14)19-18-16(2-1-3-17(18)25)24(23-19)11-12-4-6-22-7-5-12/h4-10H,1-3,11H2. The Bertz CT molecular complexity index is 931. The lowest BCUT2D eigenvalue weighted by Crippen LogP contribution is -2.14. The van der Waals surface area contributed by atoms with Gasteiger partial charge in [-0.1, -0.05) is 0 Å². The largest absolute Gasteiger partial charge is 0.294 e. The van der Waals surface area contributed by atoms with Gasteiger partial charge in [-0.25, -0.2) is 8.78 Å². The van der Waals surface area contributed by atoms with Gasteiger partial charge in [0.2, 0.25) is 0 Å². The molecule has 2 heterocycles. The number of nitrogens with zero attached hydrogens (tertiary/aromatic N) is 3. The molecule has 25 heavy (non-hydrogen) atoms. The minimum absolute atomic E-state index is 0.0260. The second-order valence-corrected chi connectivity index (χ2v) is 6.12. The van der Waals surface area contributed by atoms with E-state index in [1.165, 1.54) is 12.1 Å². The van der Waals surface area contributed by atoms with Crippen LogP contribution in [-0.2, 0) is 13.0 Å². The Labute approximate surface area is 143 Å². The first kappa shape index (κ1) is 15.6. The zero-order chi connectivity index (χ0) is 17.4. The number of benzene rings is 1. The summed E-state index contributed by atoms with van der Waals surface area (Å²) in [4.78, 5) is 16.5. The van der Waals surface area contributed by atoms with Gasteiger partial charge in [-0.2, -0.15) is 5.10 Å². The number of Topliss-reactive ketones (excluding diaryl/α,β-unsaturated/α-hetero) is 1. The Kier molecular flexibility index (Phi) is 3.87. The molecule has 0 amide bonds. The second kappa shape index (κ2) is 6.20. The van der Waals surface area contributed by atoms with Gasteiger partial charge in [-0.05, 0) is 42.7 Å². The van der Waals surface area contributed by atoms with E-state index < -0.39 is 11.6 Å². The molecule has 1 aliphatic carbocycles. The number of hydrogen-bond donors (Lipinski definition) is 0. The predicted octanol–water partition coefficient (Wildman–Crippen LogP) is 3.79. The maximum Gasteiger partial charge on any atom is 0.166 e. The maximum absolute atomic E-state index is 13.6. The Morgan fingerprint density at radius 2 is 1.76 bits per heavy atom. The van der Waals surface area contributed by atoms with Crippen molar-refractivity contribution in [1.82, 2.24) is 14.8 Å². The van der Waals surface area contributed by atoms with Crippen LogP contribution in [0.2, 0.25) is 0 Å². The molecule has 0 radical (unpaired) electrons. The summed E-state index contributed by atoms with van der Waals surface area (Å²) in [6.45, 7) is 0.482. The Morgan fingerprint density at radius 1 is 1.04 bits per heavy atom. The van der Waals surface area contributed by atoms with Gasteiger partial charge >= 0.3 is 0 Å². The highest BCUT2D eigenvalue weighted by Gasteiger charge is 2.28. The summed E-state index contributed by atoms with van der Waals surface area (Å²) < 4.78 is 29.0. The SMILES string of the molecule is O=C1CCCc2c1c(-c1cc(F)cc(F)c1)nn2Cc1ccncc1. The summed E-state index contributed by atoms with van der Waals surface area (Å²) in [6, 6.07) is 6.99. The molecule has 4 rings (SSSR count). The molecule has 0 saturated carbocycles. The van der Waals surface area contributed by atoms with Crippen LogP contribution < -0.4 is 0 Å². The molecule has 0 saturated heterocycles. The Hall–Kier alpha value is -2.89. The Morgan fingerprint density at radius 3 is 2.48 bits per heavy atom. The van der Waals surface area contributed by atoms with Gasteiger partial charge in [0.15, 0.2) is 5.78 Å². The first-order chi connectivity index (χ1) is 12.1. The van der Waals surface area contributed by atoms with Gasteiger partial charge in [0.1, 0.15) is 17.3 Å². The topological polar surface area (TPSA) is 47.8 Å². The zero-order valence-corrected chi connectivity index (χ0v) is 13.4. The van der Waals surface area contributed by atoms with Crippen LogP contribution in [0.4, 0.5) is 8.78 Å². The fourth-order valence-corrected chi connectivity index (χ4v) is 3.27. The average molecular weight is 339 g/mol. The normalized spacial score (nSPS) is 13.8. The van der Waals surface area contributed by atoms with E-state index in [0.717, 1.165) is 30.2 Å². The summed E-state index contributed by atoms with van der Waals surface area (Å²) in [5.74, 6) is -1.40. The quantitative estimate of drug-likeness (QED) is 0.729. The van der Waals surface area contributed by atoms with E-state index in [9.17, 15) is 13.6 Å². The van der Waals surface area contributed by atoms with Crippen molar-refractivity contribution in [2.45, 2.75) is 25.8 Å². The molecular weight excluding hydrogens is 324 g/mol. The highest BCUT2D eigenvalue weighted by Crippen LogP contribution is 2.32. The maximum atomic E-state index is 13.6. The third-order valence-corrected chi connectivity index (χ3v) is 4.37. The number of fused-ring (bicyclic) bond motifs is 1. The molecule has 126 valence electrons. The van der Waals surface area contributed by atoms with Gasteiger partial charge in [0.05, 0.1) is 17.8 Å². The number of hydrogen-bond acceptors (Lipinski definition) is 3. The summed E-state index contributed by atoms with van der Waals surface area (Å²) in [6.07, 6.45) is 5.29. The molecule has 4 nitrogen and oxygen atoms in total. The van der Waals surface area contributed by atoms with Gasteiger partial charge in [0, 0.05) is 30.4 Å². The molecule has 2 aromatic heterocycles. The number of carbonyl (C=O) groups excluding carboxylic acids is 1. The van der Waals surface area contributed by atoms with Crippen molar-refractivity contribution in [1.29, 1.82) is 0 Å². The van der Waals surface area contributed by atoms with E-state index in [-0.39, 0.29) is 11.3 Å². The molecule has 0 atom stereocenters. The van der Waals surface area contributed by atoms with Gasteiger partial charge in [-0.3, -0.25) is 14.5 Å². The lowest BCUT2D eigenvalue weighted by atomic mass is 9.92. The molecule has 0 bridgehead atoms. The number of ketones is 1. The molecule has 6 heteroatoms. The van der Waals surface area contributed by atoms with Crippen LogP contribution in [0.25, 0.3) is 11.3 Å². The average Bonchev–Trinajstić information content (AvgIpc) is 2.95. The molecule has 0 unspecified atom stereocenters.